The van der Waals surface area contributed by atoms with Crippen molar-refractivity contribution in [2.75, 3.05) is 5.32 Å². The molecule has 1 aliphatic carbocycles. The molecule has 1 saturated carbocycles. The van der Waals surface area contributed by atoms with Crippen LogP contribution in [-0.4, -0.2) is 12.2 Å². The highest BCUT2D eigenvalue weighted by molar-refractivity contribution is 5.47. The molecule has 0 saturated heterocycles. The van der Waals surface area contributed by atoms with Crippen molar-refractivity contribution in [1.82, 2.24) is 0 Å². The molecule has 0 unspecified atom stereocenters. The van der Waals surface area contributed by atoms with E-state index in [9.17, 15) is 17.6 Å². The van der Waals surface area contributed by atoms with Crippen LogP contribution in [0.5, 0.6) is 0 Å². The number of anilines is 1. The van der Waals surface area contributed by atoms with Crippen molar-refractivity contribution in [1.29, 1.82) is 0 Å². The number of hydrogen-bond donors (Lipinski definition) is 1. The average molecular weight is 275 g/mol. The number of halogens is 4. The van der Waals surface area contributed by atoms with Crippen molar-refractivity contribution < 1.29 is 17.6 Å². The molecule has 106 valence electrons. The van der Waals surface area contributed by atoms with Crippen LogP contribution in [0.4, 0.5) is 23.2 Å². The fraction of sp³-hybridized carbons (Fsp3) is 0.571. The van der Waals surface area contributed by atoms with Crippen LogP contribution in [0, 0.1) is 18.7 Å². The molecule has 1 N–H and O–H groups in total. The van der Waals surface area contributed by atoms with Crippen LogP contribution in [0.3, 0.4) is 0 Å². The van der Waals surface area contributed by atoms with Crippen LogP contribution < -0.4 is 5.32 Å². The number of hydrogen-bond acceptors (Lipinski definition) is 1. The summed E-state index contributed by atoms with van der Waals surface area (Å²) in [6, 6.07) is 4.77. The predicted molar refractivity (Wildman–Crippen MR) is 66.6 cm³/mol. The van der Waals surface area contributed by atoms with Gasteiger partial charge in [-0.15, -0.1) is 0 Å². The molecule has 0 amide bonds. The summed E-state index contributed by atoms with van der Waals surface area (Å²) in [5.74, 6) is -1.55. The SMILES string of the molecule is Cc1ccc(NC2CCC(C(F)(F)F)CC2)c(F)c1. The highest BCUT2D eigenvalue weighted by Crippen LogP contribution is 2.38. The van der Waals surface area contributed by atoms with Crippen molar-refractivity contribution >= 4 is 5.69 Å². The van der Waals surface area contributed by atoms with Gasteiger partial charge in [-0.3, -0.25) is 0 Å². The van der Waals surface area contributed by atoms with Crippen molar-refractivity contribution in [3.8, 4) is 0 Å². The third kappa shape index (κ3) is 3.61. The number of benzene rings is 1. The Morgan fingerprint density at radius 3 is 2.26 bits per heavy atom. The van der Waals surface area contributed by atoms with Gasteiger partial charge in [-0.25, -0.2) is 4.39 Å². The number of nitrogens with one attached hydrogen (secondary N) is 1. The van der Waals surface area contributed by atoms with Crippen LogP contribution in [0.1, 0.15) is 31.2 Å². The predicted octanol–water partition coefficient (Wildman–Crippen LogP) is 4.67. The Labute approximate surface area is 110 Å². The van der Waals surface area contributed by atoms with Crippen LogP contribution >= 0.6 is 0 Å². The molecule has 1 aliphatic rings. The second-order valence-electron chi connectivity index (χ2n) is 5.22. The molecular weight excluding hydrogens is 258 g/mol. The lowest BCUT2D eigenvalue weighted by Gasteiger charge is -2.31. The normalized spacial score (nSPS) is 24.3. The summed E-state index contributed by atoms with van der Waals surface area (Å²) in [6.45, 7) is 1.79. The average Bonchev–Trinajstić information content (AvgIpc) is 2.32. The lowest BCUT2D eigenvalue weighted by molar-refractivity contribution is -0.182. The molecule has 0 radical (unpaired) electrons. The Morgan fingerprint density at radius 2 is 1.74 bits per heavy atom. The zero-order valence-electron chi connectivity index (χ0n) is 10.7. The van der Waals surface area contributed by atoms with E-state index in [4.69, 9.17) is 0 Å². The van der Waals surface area contributed by atoms with E-state index in [0.29, 0.717) is 18.5 Å². The standard InChI is InChI=1S/C14H17F4N/c1-9-2-7-13(12(15)8-9)19-11-5-3-10(4-6-11)14(16,17)18/h2,7-8,10-11,19H,3-6H2,1H3. The van der Waals surface area contributed by atoms with Gasteiger partial charge in [0.15, 0.2) is 0 Å². The Bertz CT molecular complexity index is 434. The summed E-state index contributed by atoms with van der Waals surface area (Å²) in [6.07, 6.45) is -3.00. The maximum Gasteiger partial charge on any atom is 0.391 e. The van der Waals surface area contributed by atoms with Crippen molar-refractivity contribution in [2.45, 2.75) is 44.8 Å². The fourth-order valence-electron chi connectivity index (χ4n) is 2.52. The minimum absolute atomic E-state index is 0.0733. The molecule has 0 atom stereocenters. The molecule has 0 bridgehead atoms. The summed E-state index contributed by atoms with van der Waals surface area (Å²) < 4.78 is 51.2. The molecule has 2 rings (SSSR count). The van der Waals surface area contributed by atoms with Gasteiger partial charge in [0.2, 0.25) is 0 Å². The zero-order valence-corrected chi connectivity index (χ0v) is 10.7. The van der Waals surface area contributed by atoms with Crippen molar-refractivity contribution in [3.05, 3.63) is 29.6 Å². The molecular formula is C14H17F4N. The van der Waals surface area contributed by atoms with E-state index in [2.05, 4.69) is 5.32 Å². The maximum atomic E-state index is 13.6. The molecule has 0 aliphatic heterocycles. The van der Waals surface area contributed by atoms with Gasteiger partial charge in [0, 0.05) is 6.04 Å². The van der Waals surface area contributed by atoms with E-state index in [1.165, 1.54) is 6.07 Å². The van der Waals surface area contributed by atoms with E-state index in [1.807, 2.05) is 0 Å². The van der Waals surface area contributed by atoms with Crippen LogP contribution in [0.15, 0.2) is 18.2 Å². The molecule has 1 aromatic carbocycles. The van der Waals surface area contributed by atoms with Gasteiger partial charge in [-0.05, 0) is 50.3 Å². The third-order valence-electron chi connectivity index (χ3n) is 3.67. The van der Waals surface area contributed by atoms with Gasteiger partial charge in [0.25, 0.3) is 0 Å². The lowest BCUT2D eigenvalue weighted by Crippen LogP contribution is -2.33. The summed E-state index contributed by atoms with van der Waals surface area (Å²) in [4.78, 5) is 0. The van der Waals surface area contributed by atoms with E-state index in [1.54, 1.807) is 19.1 Å². The second kappa shape index (κ2) is 5.39. The van der Waals surface area contributed by atoms with Gasteiger partial charge >= 0.3 is 6.18 Å². The molecule has 1 fully saturated rings. The summed E-state index contributed by atoms with van der Waals surface area (Å²) in [5.41, 5.74) is 1.20. The van der Waals surface area contributed by atoms with E-state index in [0.717, 1.165) is 5.56 Å². The van der Waals surface area contributed by atoms with Gasteiger partial charge in [-0.2, -0.15) is 13.2 Å². The van der Waals surface area contributed by atoms with Crippen LogP contribution in [-0.2, 0) is 0 Å². The van der Waals surface area contributed by atoms with Gasteiger partial charge in [0.1, 0.15) is 5.82 Å². The second-order valence-corrected chi connectivity index (χ2v) is 5.22. The molecule has 5 heteroatoms. The Hall–Kier alpha value is -1.26. The van der Waals surface area contributed by atoms with Gasteiger partial charge in [-0.1, -0.05) is 6.07 Å². The number of aryl methyl sites for hydroxylation is 1. The largest absolute Gasteiger partial charge is 0.391 e. The quantitative estimate of drug-likeness (QED) is 0.773. The number of rotatable bonds is 2. The van der Waals surface area contributed by atoms with E-state index in [-0.39, 0.29) is 24.7 Å². The molecule has 19 heavy (non-hydrogen) atoms. The fourth-order valence-corrected chi connectivity index (χ4v) is 2.52. The topological polar surface area (TPSA) is 12.0 Å². The first kappa shape index (κ1) is 14.2. The summed E-state index contributed by atoms with van der Waals surface area (Å²) in [7, 11) is 0. The first-order valence-corrected chi connectivity index (χ1v) is 6.45. The summed E-state index contributed by atoms with van der Waals surface area (Å²) in [5, 5.41) is 3.01. The molecule has 0 aromatic heterocycles. The van der Waals surface area contributed by atoms with Gasteiger partial charge in [0.05, 0.1) is 11.6 Å². The third-order valence-corrected chi connectivity index (χ3v) is 3.67. The zero-order chi connectivity index (χ0) is 14.0. The maximum absolute atomic E-state index is 13.6. The van der Waals surface area contributed by atoms with E-state index < -0.39 is 12.1 Å². The summed E-state index contributed by atoms with van der Waals surface area (Å²) >= 11 is 0. The highest BCUT2D eigenvalue weighted by atomic mass is 19.4. The highest BCUT2D eigenvalue weighted by Gasteiger charge is 2.41. The van der Waals surface area contributed by atoms with Crippen molar-refractivity contribution in [2.24, 2.45) is 5.92 Å². The minimum atomic E-state index is -4.10. The molecule has 0 spiro atoms. The monoisotopic (exact) mass is 275 g/mol. The van der Waals surface area contributed by atoms with Crippen LogP contribution in [0.25, 0.3) is 0 Å². The van der Waals surface area contributed by atoms with E-state index >= 15 is 0 Å². The van der Waals surface area contributed by atoms with Gasteiger partial charge < -0.3 is 5.32 Å². The molecule has 0 heterocycles. The Morgan fingerprint density at radius 1 is 1.11 bits per heavy atom. The first-order chi connectivity index (χ1) is 8.86. The van der Waals surface area contributed by atoms with Crippen molar-refractivity contribution in [3.63, 3.8) is 0 Å². The Balaban J connectivity index is 1.92. The smallest absolute Gasteiger partial charge is 0.380 e. The Kier molecular flexibility index (Phi) is 4.02. The number of alkyl halides is 3. The lowest BCUT2D eigenvalue weighted by atomic mass is 9.85. The van der Waals surface area contributed by atoms with Crippen LogP contribution in [0.2, 0.25) is 0 Å². The molecule has 1 aromatic rings. The minimum Gasteiger partial charge on any atom is -0.380 e. The first-order valence-electron chi connectivity index (χ1n) is 6.45. The molecule has 1 nitrogen and oxygen atoms in total.